The van der Waals surface area contributed by atoms with E-state index in [1.165, 1.54) is 138 Å². The van der Waals surface area contributed by atoms with Crippen LogP contribution in [0.2, 0.25) is 0 Å². The molecule has 2 heteroatoms. The fourth-order valence-corrected chi connectivity index (χ4v) is 9.43. The van der Waals surface area contributed by atoms with Gasteiger partial charge in [0.1, 0.15) is 0 Å². The molecule has 2 aromatic rings. The van der Waals surface area contributed by atoms with Crippen molar-refractivity contribution in [3.63, 3.8) is 0 Å². The van der Waals surface area contributed by atoms with Gasteiger partial charge >= 0.3 is 0 Å². The van der Waals surface area contributed by atoms with E-state index in [-0.39, 0.29) is 0 Å². The number of nitrogens with two attached hydrogens (primary N) is 2. The van der Waals surface area contributed by atoms with Crippen LogP contribution in [0.25, 0.3) is 0 Å². The molecule has 0 saturated heterocycles. The van der Waals surface area contributed by atoms with Crippen molar-refractivity contribution in [3.05, 3.63) is 58.7 Å². The van der Waals surface area contributed by atoms with Crippen LogP contribution in [0.3, 0.4) is 0 Å². The van der Waals surface area contributed by atoms with E-state index in [2.05, 4.69) is 36.4 Å². The predicted octanol–water partition coefficient (Wildman–Crippen LogP) is 10.1. The quantitative estimate of drug-likeness (QED) is 0.368. The van der Waals surface area contributed by atoms with Gasteiger partial charge in [-0.2, -0.15) is 0 Å². The third-order valence-corrected chi connectivity index (χ3v) is 11.8. The molecule has 0 amide bonds. The van der Waals surface area contributed by atoms with Crippen LogP contribution in [0, 0.1) is 23.7 Å². The maximum Gasteiger partial charge on any atom is 0.0349 e. The Hall–Kier alpha value is -1.96. The van der Waals surface area contributed by atoms with Gasteiger partial charge in [0.25, 0.3) is 0 Å². The Labute approximate surface area is 238 Å². The molecule has 6 rings (SSSR count). The highest BCUT2D eigenvalue weighted by Gasteiger charge is 2.31. The Morgan fingerprint density at radius 2 is 0.795 bits per heavy atom. The van der Waals surface area contributed by atoms with Crippen molar-refractivity contribution in [2.45, 2.75) is 134 Å². The molecular formula is C37H54N2. The molecule has 0 aliphatic heterocycles. The lowest BCUT2D eigenvalue weighted by atomic mass is 9.69. The minimum atomic E-state index is 0.645. The second-order valence-electron chi connectivity index (χ2n) is 14.1. The Kier molecular flexibility index (Phi) is 8.86. The van der Waals surface area contributed by atoms with E-state index in [9.17, 15) is 0 Å². The first-order valence-electron chi connectivity index (χ1n) is 16.9. The molecule has 2 nitrogen and oxygen atoms in total. The number of anilines is 2. The minimum absolute atomic E-state index is 0.645. The van der Waals surface area contributed by atoms with E-state index in [0.717, 1.165) is 41.5 Å². The first-order chi connectivity index (χ1) is 19.1. The Morgan fingerprint density at radius 3 is 1.18 bits per heavy atom. The zero-order valence-electron chi connectivity index (χ0n) is 24.5. The highest BCUT2D eigenvalue weighted by atomic mass is 14.6. The molecular weight excluding hydrogens is 472 g/mol. The van der Waals surface area contributed by atoms with Gasteiger partial charge in [0.15, 0.2) is 0 Å². The summed E-state index contributed by atoms with van der Waals surface area (Å²) in [6.45, 7) is 0. The molecule has 4 N–H and O–H groups in total. The SMILES string of the molecule is Nc1ccc(Cc2ccc(N)c(C3CCC(C4CCCCC4)CC3)c2)cc1C1CCC(C2CCCCC2)CC1. The third-order valence-electron chi connectivity index (χ3n) is 11.8. The van der Waals surface area contributed by atoms with E-state index in [1.54, 1.807) is 0 Å². The summed E-state index contributed by atoms with van der Waals surface area (Å²) in [6, 6.07) is 13.8. The zero-order valence-corrected chi connectivity index (χ0v) is 24.5. The van der Waals surface area contributed by atoms with E-state index in [1.807, 2.05) is 0 Å². The van der Waals surface area contributed by atoms with Crippen LogP contribution in [-0.2, 0) is 6.42 Å². The molecule has 4 fully saturated rings. The van der Waals surface area contributed by atoms with Gasteiger partial charge < -0.3 is 11.5 Å². The summed E-state index contributed by atoms with van der Waals surface area (Å²) in [5.41, 5.74) is 20.8. The molecule has 0 radical (unpaired) electrons. The summed E-state index contributed by atoms with van der Waals surface area (Å²) in [7, 11) is 0. The van der Waals surface area contributed by atoms with Crippen molar-refractivity contribution in [2.24, 2.45) is 23.7 Å². The summed E-state index contributed by atoms with van der Waals surface area (Å²) in [4.78, 5) is 0. The van der Waals surface area contributed by atoms with Crippen LogP contribution in [-0.4, -0.2) is 0 Å². The lowest BCUT2D eigenvalue weighted by molar-refractivity contribution is 0.186. The van der Waals surface area contributed by atoms with E-state index >= 15 is 0 Å². The molecule has 0 aromatic heterocycles. The summed E-state index contributed by atoms with van der Waals surface area (Å²) in [5.74, 6) is 5.24. The fourth-order valence-electron chi connectivity index (χ4n) is 9.43. The number of hydrogen-bond acceptors (Lipinski definition) is 2. The normalized spacial score (nSPS) is 29.3. The lowest BCUT2D eigenvalue weighted by Crippen LogP contribution is -2.23. The van der Waals surface area contributed by atoms with Crippen LogP contribution < -0.4 is 11.5 Å². The fraction of sp³-hybridized carbons (Fsp3) is 0.676. The van der Waals surface area contributed by atoms with E-state index < -0.39 is 0 Å². The predicted molar refractivity (Wildman–Crippen MR) is 167 cm³/mol. The minimum Gasteiger partial charge on any atom is -0.398 e. The van der Waals surface area contributed by atoms with Crippen molar-refractivity contribution in [1.29, 1.82) is 0 Å². The van der Waals surface area contributed by atoms with Gasteiger partial charge in [-0.3, -0.25) is 0 Å². The summed E-state index contributed by atoms with van der Waals surface area (Å²) in [6.07, 6.45) is 26.6. The molecule has 212 valence electrons. The molecule has 4 aliphatic rings. The zero-order chi connectivity index (χ0) is 26.6. The molecule has 0 unspecified atom stereocenters. The molecule has 2 aromatic carbocycles. The van der Waals surface area contributed by atoms with Crippen molar-refractivity contribution in [1.82, 2.24) is 0 Å². The van der Waals surface area contributed by atoms with Crippen molar-refractivity contribution < 1.29 is 0 Å². The second kappa shape index (κ2) is 12.7. The maximum atomic E-state index is 6.58. The van der Waals surface area contributed by atoms with Gasteiger partial charge in [-0.15, -0.1) is 0 Å². The smallest absolute Gasteiger partial charge is 0.0349 e. The number of rotatable bonds is 6. The van der Waals surface area contributed by atoms with Crippen LogP contribution in [0.1, 0.15) is 150 Å². The van der Waals surface area contributed by atoms with Gasteiger partial charge in [-0.1, -0.05) is 88.5 Å². The van der Waals surface area contributed by atoms with Gasteiger partial charge in [0, 0.05) is 11.4 Å². The van der Waals surface area contributed by atoms with E-state index in [0.29, 0.717) is 11.8 Å². The van der Waals surface area contributed by atoms with Gasteiger partial charge in [0.05, 0.1) is 0 Å². The second-order valence-corrected chi connectivity index (χ2v) is 14.1. The molecule has 0 atom stereocenters. The molecule has 0 bridgehead atoms. The highest BCUT2D eigenvalue weighted by Crippen LogP contribution is 2.46. The Morgan fingerprint density at radius 1 is 0.436 bits per heavy atom. The Balaban J connectivity index is 1.08. The maximum absolute atomic E-state index is 6.58. The van der Waals surface area contributed by atoms with Crippen LogP contribution in [0.5, 0.6) is 0 Å². The van der Waals surface area contributed by atoms with E-state index in [4.69, 9.17) is 11.5 Å². The average molecular weight is 527 g/mol. The summed E-state index contributed by atoms with van der Waals surface area (Å²) in [5, 5.41) is 0. The van der Waals surface area contributed by atoms with Crippen molar-refractivity contribution >= 4 is 11.4 Å². The molecule has 0 spiro atoms. The number of nitrogen functional groups attached to an aromatic ring is 2. The Bertz CT molecular complexity index is 975. The molecule has 39 heavy (non-hydrogen) atoms. The highest BCUT2D eigenvalue weighted by molar-refractivity contribution is 5.53. The van der Waals surface area contributed by atoms with Crippen LogP contribution in [0.4, 0.5) is 11.4 Å². The van der Waals surface area contributed by atoms with Crippen LogP contribution in [0.15, 0.2) is 36.4 Å². The third kappa shape index (κ3) is 6.52. The number of hydrogen-bond donors (Lipinski definition) is 2. The lowest BCUT2D eigenvalue weighted by Gasteiger charge is -2.36. The molecule has 0 heterocycles. The van der Waals surface area contributed by atoms with Gasteiger partial charge in [-0.25, -0.2) is 0 Å². The topological polar surface area (TPSA) is 52.0 Å². The molecule has 4 saturated carbocycles. The molecule has 4 aliphatic carbocycles. The average Bonchev–Trinajstić information content (AvgIpc) is 3.00. The largest absolute Gasteiger partial charge is 0.398 e. The number of benzene rings is 2. The summed E-state index contributed by atoms with van der Waals surface area (Å²) < 4.78 is 0. The van der Waals surface area contributed by atoms with Gasteiger partial charge in [0.2, 0.25) is 0 Å². The van der Waals surface area contributed by atoms with Crippen molar-refractivity contribution in [2.75, 3.05) is 11.5 Å². The standard InChI is InChI=1S/C37H54N2/c38-36-21-11-26(24-34(36)32-17-13-30(14-18-32)28-7-3-1-4-8-28)23-27-12-22-37(39)35(25-27)33-19-15-31(16-20-33)29-9-5-2-6-10-29/h11-12,21-22,24-25,28-33H,1-10,13-20,23,38-39H2. The first-order valence-corrected chi connectivity index (χ1v) is 16.9. The van der Waals surface area contributed by atoms with Crippen LogP contribution >= 0.6 is 0 Å². The monoisotopic (exact) mass is 526 g/mol. The van der Waals surface area contributed by atoms with Crippen molar-refractivity contribution in [3.8, 4) is 0 Å². The first kappa shape index (κ1) is 27.2. The van der Waals surface area contributed by atoms with Gasteiger partial charge in [-0.05, 0) is 128 Å². The summed E-state index contributed by atoms with van der Waals surface area (Å²) >= 11 is 0.